The predicted molar refractivity (Wildman–Crippen MR) is 47.7 cm³/mol. The van der Waals surface area contributed by atoms with Crippen molar-refractivity contribution in [3.63, 3.8) is 0 Å². The molecule has 1 nitrogen and oxygen atoms in total. The molecule has 2 atom stereocenters. The topological polar surface area (TPSA) is 20.2 Å². The van der Waals surface area contributed by atoms with E-state index in [1.54, 1.807) is 6.08 Å². The highest BCUT2D eigenvalue weighted by molar-refractivity contribution is 5.17. The lowest BCUT2D eigenvalue weighted by atomic mass is 9.94. The molecule has 0 spiro atoms. The number of aliphatic hydroxyl groups is 1. The van der Waals surface area contributed by atoms with E-state index in [1.807, 2.05) is 19.1 Å². The van der Waals surface area contributed by atoms with Gasteiger partial charge < -0.3 is 5.11 Å². The minimum atomic E-state index is -0.702. The van der Waals surface area contributed by atoms with Gasteiger partial charge in [-0.25, -0.2) is 4.39 Å². The van der Waals surface area contributed by atoms with E-state index in [1.165, 1.54) is 0 Å². The van der Waals surface area contributed by atoms with Crippen LogP contribution in [0.4, 0.5) is 4.39 Å². The summed E-state index contributed by atoms with van der Waals surface area (Å²) in [5.41, 5.74) is 0.960. The van der Waals surface area contributed by atoms with E-state index in [4.69, 9.17) is 0 Å². The van der Waals surface area contributed by atoms with Crippen molar-refractivity contribution in [1.82, 2.24) is 0 Å². The third kappa shape index (κ3) is 2.45. The number of aliphatic hydroxyl groups excluding tert-OH is 1. The Morgan fingerprint density at radius 2 is 2.50 bits per heavy atom. The van der Waals surface area contributed by atoms with Crippen molar-refractivity contribution in [3.8, 4) is 0 Å². The zero-order valence-corrected chi connectivity index (χ0v) is 7.33. The Hall–Kier alpha value is -0.630. The van der Waals surface area contributed by atoms with Gasteiger partial charge >= 0.3 is 0 Å². The minimum Gasteiger partial charge on any atom is -0.385 e. The largest absolute Gasteiger partial charge is 0.385 e. The lowest BCUT2D eigenvalue weighted by Gasteiger charge is -2.18. The maximum absolute atomic E-state index is 12.7. The molecule has 1 aliphatic carbocycles. The van der Waals surface area contributed by atoms with Crippen LogP contribution in [0.3, 0.4) is 0 Å². The fourth-order valence-corrected chi connectivity index (χ4v) is 1.40. The molecule has 2 heteroatoms. The van der Waals surface area contributed by atoms with Crippen molar-refractivity contribution in [1.29, 1.82) is 0 Å². The standard InChI is InChI=1S/C10H15FO/c1-2-3-10(12)8-4-6-9(11)7-5-8/h2-4,9-10,12H,5-7H2,1H3/b3-2-/t9-,10-/m0/s1. The SMILES string of the molecule is C/C=C\[C@H](O)C1=CC[C@H](F)CC1. The molecule has 0 saturated carbocycles. The first-order chi connectivity index (χ1) is 5.74. The molecule has 0 unspecified atom stereocenters. The van der Waals surface area contributed by atoms with Crippen LogP contribution in [-0.4, -0.2) is 17.4 Å². The summed E-state index contributed by atoms with van der Waals surface area (Å²) in [7, 11) is 0. The number of alkyl halides is 1. The number of allylic oxidation sites excluding steroid dienone is 2. The Kier molecular flexibility index (Phi) is 3.48. The van der Waals surface area contributed by atoms with Crippen LogP contribution in [0, 0.1) is 0 Å². The van der Waals surface area contributed by atoms with Gasteiger partial charge in [-0.05, 0) is 31.8 Å². The molecule has 12 heavy (non-hydrogen) atoms. The third-order valence-corrected chi connectivity index (χ3v) is 2.14. The Morgan fingerprint density at radius 3 is 3.00 bits per heavy atom. The third-order valence-electron chi connectivity index (χ3n) is 2.14. The van der Waals surface area contributed by atoms with Crippen LogP contribution >= 0.6 is 0 Å². The van der Waals surface area contributed by atoms with Crippen LogP contribution in [0.25, 0.3) is 0 Å². The molecule has 1 aliphatic rings. The first-order valence-electron chi connectivity index (χ1n) is 4.38. The fraction of sp³-hybridized carbons (Fsp3) is 0.600. The molecule has 0 aromatic carbocycles. The highest BCUT2D eigenvalue weighted by Gasteiger charge is 2.16. The maximum atomic E-state index is 12.7. The average Bonchev–Trinajstić information content (AvgIpc) is 2.06. The summed E-state index contributed by atoms with van der Waals surface area (Å²) in [5.74, 6) is 0. The number of hydrogen-bond donors (Lipinski definition) is 1. The quantitative estimate of drug-likeness (QED) is 0.631. The summed E-state index contributed by atoms with van der Waals surface area (Å²) >= 11 is 0. The normalized spacial score (nSPS) is 27.2. The molecule has 0 heterocycles. The van der Waals surface area contributed by atoms with Gasteiger partial charge in [-0.3, -0.25) is 0 Å². The zero-order valence-electron chi connectivity index (χ0n) is 7.33. The van der Waals surface area contributed by atoms with E-state index >= 15 is 0 Å². The molecule has 0 saturated heterocycles. The first-order valence-corrected chi connectivity index (χ1v) is 4.38. The van der Waals surface area contributed by atoms with Gasteiger partial charge in [-0.15, -0.1) is 0 Å². The second kappa shape index (κ2) is 4.41. The Morgan fingerprint density at radius 1 is 1.75 bits per heavy atom. The lowest BCUT2D eigenvalue weighted by molar-refractivity contribution is 0.237. The Bertz CT molecular complexity index is 196. The molecule has 0 amide bonds. The van der Waals surface area contributed by atoms with E-state index in [0.29, 0.717) is 19.3 Å². The van der Waals surface area contributed by atoms with Crippen molar-refractivity contribution >= 4 is 0 Å². The van der Waals surface area contributed by atoms with Crippen molar-refractivity contribution < 1.29 is 9.50 Å². The van der Waals surface area contributed by atoms with Gasteiger partial charge in [0.2, 0.25) is 0 Å². The van der Waals surface area contributed by atoms with Gasteiger partial charge in [-0.1, -0.05) is 18.2 Å². The molecule has 0 radical (unpaired) electrons. The Labute approximate surface area is 72.6 Å². The number of halogens is 1. The Balaban J connectivity index is 2.52. The molecule has 0 aromatic heterocycles. The lowest BCUT2D eigenvalue weighted by Crippen LogP contribution is -2.14. The molecule has 0 aromatic rings. The molecular formula is C10H15FO. The number of hydrogen-bond acceptors (Lipinski definition) is 1. The average molecular weight is 170 g/mol. The predicted octanol–water partition coefficient (Wildman–Crippen LogP) is 2.37. The molecule has 68 valence electrons. The van der Waals surface area contributed by atoms with Crippen molar-refractivity contribution in [2.24, 2.45) is 0 Å². The van der Waals surface area contributed by atoms with Crippen LogP contribution in [0.5, 0.6) is 0 Å². The van der Waals surface area contributed by atoms with Crippen molar-refractivity contribution in [2.75, 3.05) is 0 Å². The van der Waals surface area contributed by atoms with Crippen LogP contribution in [0.1, 0.15) is 26.2 Å². The molecule has 0 bridgehead atoms. The van der Waals surface area contributed by atoms with Gasteiger partial charge in [0, 0.05) is 0 Å². The number of rotatable bonds is 2. The smallest absolute Gasteiger partial charge is 0.104 e. The van der Waals surface area contributed by atoms with Crippen LogP contribution in [0.15, 0.2) is 23.8 Å². The summed E-state index contributed by atoms with van der Waals surface area (Å²) in [6.07, 6.45) is 5.86. The van der Waals surface area contributed by atoms with Gasteiger partial charge in [0.25, 0.3) is 0 Å². The van der Waals surface area contributed by atoms with Crippen LogP contribution in [0.2, 0.25) is 0 Å². The maximum Gasteiger partial charge on any atom is 0.104 e. The summed E-state index contributed by atoms with van der Waals surface area (Å²) < 4.78 is 12.7. The zero-order chi connectivity index (χ0) is 8.97. The summed E-state index contributed by atoms with van der Waals surface area (Å²) in [4.78, 5) is 0. The van der Waals surface area contributed by atoms with Gasteiger partial charge in [0.1, 0.15) is 6.17 Å². The van der Waals surface area contributed by atoms with E-state index in [2.05, 4.69) is 0 Å². The van der Waals surface area contributed by atoms with E-state index in [-0.39, 0.29) is 0 Å². The van der Waals surface area contributed by atoms with E-state index in [0.717, 1.165) is 5.57 Å². The van der Waals surface area contributed by atoms with Gasteiger partial charge in [-0.2, -0.15) is 0 Å². The van der Waals surface area contributed by atoms with Crippen LogP contribution in [-0.2, 0) is 0 Å². The summed E-state index contributed by atoms with van der Waals surface area (Å²) in [6.45, 7) is 1.87. The molecule has 0 fully saturated rings. The van der Waals surface area contributed by atoms with Crippen LogP contribution < -0.4 is 0 Å². The van der Waals surface area contributed by atoms with Crippen molar-refractivity contribution in [3.05, 3.63) is 23.8 Å². The summed E-state index contributed by atoms with van der Waals surface area (Å²) in [5, 5.41) is 9.48. The van der Waals surface area contributed by atoms with E-state index < -0.39 is 12.3 Å². The highest BCUT2D eigenvalue weighted by atomic mass is 19.1. The van der Waals surface area contributed by atoms with Crippen molar-refractivity contribution in [2.45, 2.75) is 38.5 Å². The molecule has 1 rings (SSSR count). The second-order valence-electron chi connectivity index (χ2n) is 3.12. The summed E-state index contributed by atoms with van der Waals surface area (Å²) in [6, 6.07) is 0. The molecule has 1 N–H and O–H groups in total. The fourth-order valence-electron chi connectivity index (χ4n) is 1.40. The van der Waals surface area contributed by atoms with Gasteiger partial charge in [0.05, 0.1) is 6.10 Å². The second-order valence-corrected chi connectivity index (χ2v) is 3.12. The first kappa shape index (κ1) is 9.46. The molecule has 0 aliphatic heterocycles. The van der Waals surface area contributed by atoms with E-state index in [9.17, 15) is 9.50 Å². The minimum absolute atomic E-state index is 0.462. The van der Waals surface area contributed by atoms with Gasteiger partial charge in [0.15, 0.2) is 0 Å². The monoisotopic (exact) mass is 170 g/mol. The highest BCUT2D eigenvalue weighted by Crippen LogP contribution is 2.23. The molecular weight excluding hydrogens is 155 g/mol.